The van der Waals surface area contributed by atoms with Crippen molar-refractivity contribution in [2.75, 3.05) is 6.61 Å². The molecule has 1 heterocycles. The number of nitrogens with zero attached hydrogens (tertiary/aromatic N) is 2. The van der Waals surface area contributed by atoms with Gasteiger partial charge in [-0.05, 0) is 30.7 Å². The second-order valence-corrected chi connectivity index (χ2v) is 5.65. The monoisotopic (exact) mass is 348 g/mol. The molecule has 132 valence electrons. The fraction of sp³-hybridized carbons (Fsp3) is 0.150. The SMILES string of the molecule is CCCOc1ccccc1-c1cc(N=C(N)NC=O)c2ccccc2n1. The van der Waals surface area contributed by atoms with E-state index in [-0.39, 0.29) is 5.96 Å². The van der Waals surface area contributed by atoms with E-state index in [9.17, 15) is 4.79 Å². The largest absolute Gasteiger partial charge is 0.493 e. The number of hydrogen-bond donors (Lipinski definition) is 2. The van der Waals surface area contributed by atoms with Crippen LogP contribution in [-0.2, 0) is 4.79 Å². The van der Waals surface area contributed by atoms with E-state index in [0.717, 1.165) is 34.3 Å². The number of fused-ring (bicyclic) bond motifs is 1. The number of carbonyl (C=O) groups is 1. The van der Waals surface area contributed by atoms with Crippen LogP contribution in [0.4, 0.5) is 5.69 Å². The lowest BCUT2D eigenvalue weighted by atomic mass is 10.1. The minimum absolute atomic E-state index is 0.0258. The number of guanidine groups is 1. The Morgan fingerprint density at radius 2 is 2.00 bits per heavy atom. The number of ether oxygens (including phenoxy) is 1. The average Bonchev–Trinajstić information content (AvgIpc) is 2.66. The number of benzene rings is 2. The van der Waals surface area contributed by atoms with Gasteiger partial charge in [-0.1, -0.05) is 37.3 Å². The van der Waals surface area contributed by atoms with E-state index in [1.54, 1.807) is 0 Å². The molecule has 3 N–H and O–H groups in total. The van der Waals surface area contributed by atoms with E-state index in [2.05, 4.69) is 17.2 Å². The minimum Gasteiger partial charge on any atom is -0.493 e. The van der Waals surface area contributed by atoms with Gasteiger partial charge in [-0.25, -0.2) is 9.98 Å². The first kappa shape index (κ1) is 17.4. The molecule has 26 heavy (non-hydrogen) atoms. The van der Waals surface area contributed by atoms with E-state index in [4.69, 9.17) is 15.5 Å². The number of pyridine rings is 1. The van der Waals surface area contributed by atoms with Crippen LogP contribution in [0.5, 0.6) is 5.75 Å². The van der Waals surface area contributed by atoms with Gasteiger partial charge in [-0.3, -0.25) is 10.1 Å². The van der Waals surface area contributed by atoms with Crippen LogP contribution in [0.2, 0.25) is 0 Å². The molecular formula is C20H20N4O2. The first-order valence-corrected chi connectivity index (χ1v) is 8.39. The maximum Gasteiger partial charge on any atom is 0.213 e. The van der Waals surface area contributed by atoms with Crippen molar-refractivity contribution in [3.05, 3.63) is 54.6 Å². The summed E-state index contributed by atoms with van der Waals surface area (Å²) in [6, 6.07) is 17.3. The minimum atomic E-state index is 0.0258. The summed E-state index contributed by atoms with van der Waals surface area (Å²) in [6.07, 6.45) is 1.42. The summed E-state index contributed by atoms with van der Waals surface area (Å²) in [6.45, 7) is 2.69. The van der Waals surface area contributed by atoms with Crippen molar-refractivity contribution in [2.45, 2.75) is 13.3 Å². The number of aliphatic imine (C=N–C) groups is 1. The van der Waals surface area contributed by atoms with Gasteiger partial charge in [0.25, 0.3) is 0 Å². The number of rotatable bonds is 6. The van der Waals surface area contributed by atoms with Crippen LogP contribution in [-0.4, -0.2) is 24.0 Å². The summed E-state index contributed by atoms with van der Waals surface area (Å²) >= 11 is 0. The number of hydrogen-bond acceptors (Lipinski definition) is 4. The van der Waals surface area contributed by atoms with Gasteiger partial charge in [0.2, 0.25) is 6.41 Å². The van der Waals surface area contributed by atoms with Crippen molar-refractivity contribution < 1.29 is 9.53 Å². The molecule has 0 radical (unpaired) electrons. The van der Waals surface area contributed by atoms with Gasteiger partial charge in [-0.15, -0.1) is 0 Å². The molecule has 0 spiro atoms. The summed E-state index contributed by atoms with van der Waals surface area (Å²) < 4.78 is 5.85. The van der Waals surface area contributed by atoms with Gasteiger partial charge in [0.15, 0.2) is 5.96 Å². The van der Waals surface area contributed by atoms with E-state index < -0.39 is 0 Å². The van der Waals surface area contributed by atoms with Gasteiger partial charge in [0.05, 0.1) is 23.5 Å². The van der Waals surface area contributed by atoms with E-state index in [1.165, 1.54) is 0 Å². The van der Waals surface area contributed by atoms with Crippen molar-refractivity contribution >= 4 is 29.0 Å². The summed E-state index contributed by atoms with van der Waals surface area (Å²) in [5.74, 6) is 0.795. The molecule has 0 aliphatic heterocycles. The second-order valence-electron chi connectivity index (χ2n) is 5.65. The molecule has 0 saturated heterocycles. The van der Waals surface area contributed by atoms with Gasteiger partial charge in [-0.2, -0.15) is 0 Å². The molecule has 0 saturated carbocycles. The molecule has 6 heteroatoms. The predicted molar refractivity (Wildman–Crippen MR) is 103 cm³/mol. The molecule has 0 fully saturated rings. The standard InChI is InChI=1S/C20H20N4O2/c1-2-11-26-19-10-6-4-8-15(19)18-12-17(24-20(21)22-13-25)14-7-3-5-9-16(14)23-18/h3-10,12-13H,2,11H2,1H3,(H3,21,22,23,24,25). The normalized spacial score (nSPS) is 11.3. The Bertz CT molecular complexity index is 953. The zero-order chi connectivity index (χ0) is 18.4. The summed E-state index contributed by atoms with van der Waals surface area (Å²) in [5.41, 5.74) is 8.78. The van der Waals surface area contributed by atoms with E-state index in [1.807, 2.05) is 54.6 Å². The van der Waals surface area contributed by atoms with Crippen molar-refractivity contribution in [3.63, 3.8) is 0 Å². The molecule has 0 bridgehead atoms. The molecule has 0 aliphatic carbocycles. The van der Waals surface area contributed by atoms with E-state index in [0.29, 0.717) is 18.7 Å². The lowest BCUT2D eigenvalue weighted by Gasteiger charge is -2.12. The average molecular weight is 348 g/mol. The van der Waals surface area contributed by atoms with E-state index >= 15 is 0 Å². The van der Waals surface area contributed by atoms with Crippen LogP contribution in [0.25, 0.3) is 22.2 Å². The Kier molecular flexibility index (Phi) is 5.43. The molecule has 2 aromatic carbocycles. The summed E-state index contributed by atoms with van der Waals surface area (Å²) in [4.78, 5) is 19.7. The molecule has 1 aromatic heterocycles. The van der Waals surface area contributed by atoms with Gasteiger partial charge < -0.3 is 10.5 Å². The molecule has 1 amide bonds. The van der Waals surface area contributed by atoms with Crippen LogP contribution in [0.3, 0.4) is 0 Å². The molecule has 0 atom stereocenters. The number of amides is 1. The highest BCUT2D eigenvalue weighted by molar-refractivity contribution is 5.97. The van der Waals surface area contributed by atoms with Crippen LogP contribution >= 0.6 is 0 Å². The van der Waals surface area contributed by atoms with Crippen molar-refractivity contribution in [1.29, 1.82) is 0 Å². The van der Waals surface area contributed by atoms with Crippen LogP contribution in [0.15, 0.2) is 59.6 Å². The lowest BCUT2D eigenvalue weighted by Crippen LogP contribution is -2.29. The molecule has 3 aromatic rings. The van der Waals surface area contributed by atoms with Crippen LogP contribution in [0.1, 0.15) is 13.3 Å². The Morgan fingerprint density at radius 1 is 1.23 bits per heavy atom. The van der Waals surface area contributed by atoms with Gasteiger partial charge in [0, 0.05) is 10.9 Å². The second kappa shape index (κ2) is 8.11. The van der Waals surface area contributed by atoms with Crippen molar-refractivity contribution in [1.82, 2.24) is 10.3 Å². The Balaban J connectivity index is 2.16. The van der Waals surface area contributed by atoms with Crippen LogP contribution < -0.4 is 15.8 Å². The number of nitrogens with one attached hydrogen (secondary N) is 1. The number of aromatic nitrogens is 1. The zero-order valence-electron chi connectivity index (χ0n) is 14.5. The molecule has 6 nitrogen and oxygen atoms in total. The maximum absolute atomic E-state index is 10.6. The third-order valence-electron chi connectivity index (χ3n) is 3.77. The zero-order valence-corrected chi connectivity index (χ0v) is 14.5. The highest BCUT2D eigenvalue weighted by Gasteiger charge is 2.11. The molecule has 0 unspecified atom stereocenters. The molecule has 0 aliphatic rings. The molecule has 3 rings (SSSR count). The fourth-order valence-electron chi connectivity index (χ4n) is 2.63. The maximum atomic E-state index is 10.6. The quantitative estimate of drug-likeness (QED) is 0.406. The summed E-state index contributed by atoms with van der Waals surface area (Å²) in [5, 5.41) is 3.21. The highest BCUT2D eigenvalue weighted by atomic mass is 16.5. The summed E-state index contributed by atoms with van der Waals surface area (Å²) in [7, 11) is 0. The van der Waals surface area contributed by atoms with Crippen molar-refractivity contribution in [2.24, 2.45) is 10.7 Å². The van der Waals surface area contributed by atoms with Crippen LogP contribution in [0, 0.1) is 0 Å². The third kappa shape index (κ3) is 3.80. The first-order chi connectivity index (χ1) is 12.7. The fourth-order valence-corrected chi connectivity index (χ4v) is 2.63. The highest BCUT2D eigenvalue weighted by Crippen LogP contribution is 2.34. The smallest absolute Gasteiger partial charge is 0.213 e. The number of para-hydroxylation sites is 2. The van der Waals surface area contributed by atoms with Crippen molar-refractivity contribution in [3.8, 4) is 17.0 Å². The predicted octanol–water partition coefficient (Wildman–Crippen LogP) is 3.38. The topological polar surface area (TPSA) is 89.6 Å². The van der Waals surface area contributed by atoms with Gasteiger partial charge in [0.1, 0.15) is 5.75 Å². The lowest BCUT2D eigenvalue weighted by molar-refractivity contribution is -0.108. The number of nitrogens with two attached hydrogens (primary N) is 1. The Morgan fingerprint density at radius 3 is 2.81 bits per heavy atom. The molecular weight excluding hydrogens is 328 g/mol. The Hall–Kier alpha value is -3.41. The first-order valence-electron chi connectivity index (χ1n) is 8.39. The number of carbonyl (C=O) groups excluding carboxylic acids is 1. The Labute approximate surface area is 151 Å². The third-order valence-corrected chi connectivity index (χ3v) is 3.77. The van der Waals surface area contributed by atoms with Gasteiger partial charge >= 0.3 is 0 Å².